The van der Waals surface area contributed by atoms with Crippen molar-refractivity contribution in [3.05, 3.63) is 88.9 Å². The largest absolute Gasteiger partial charge is 0.508 e. The first-order valence-corrected chi connectivity index (χ1v) is 9.89. The minimum atomic E-state index is -0.824. The molecule has 1 aromatic heterocycles. The van der Waals surface area contributed by atoms with Crippen LogP contribution in [0, 0.1) is 0 Å². The fourth-order valence-corrected chi connectivity index (χ4v) is 4.11. The first kappa shape index (κ1) is 19.0. The number of ether oxygens (including phenoxy) is 1. The Bertz CT molecular complexity index is 1190. The van der Waals surface area contributed by atoms with Crippen LogP contribution in [0.1, 0.15) is 28.5 Å². The van der Waals surface area contributed by atoms with Crippen LogP contribution in [0.25, 0.3) is 5.76 Å². The van der Waals surface area contributed by atoms with Crippen LogP contribution < -0.4 is 4.74 Å². The molecule has 3 heterocycles. The Morgan fingerprint density at radius 3 is 2.65 bits per heavy atom. The molecule has 2 aliphatic heterocycles. The second-order valence-corrected chi connectivity index (χ2v) is 7.52. The van der Waals surface area contributed by atoms with Crippen LogP contribution in [-0.2, 0) is 22.6 Å². The lowest BCUT2D eigenvalue weighted by Crippen LogP contribution is -2.29. The summed E-state index contributed by atoms with van der Waals surface area (Å²) < 4.78 is 10.9. The van der Waals surface area contributed by atoms with Crippen LogP contribution >= 0.6 is 0 Å². The Morgan fingerprint density at radius 1 is 1.10 bits per heavy atom. The first-order valence-electron chi connectivity index (χ1n) is 9.89. The summed E-state index contributed by atoms with van der Waals surface area (Å²) in [5.41, 5.74) is 1.98. The number of furan rings is 1. The summed E-state index contributed by atoms with van der Waals surface area (Å²) in [6.45, 7) is 0.637. The molecule has 0 saturated carbocycles. The van der Waals surface area contributed by atoms with Crippen molar-refractivity contribution in [1.82, 2.24) is 4.90 Å². The number of Topliss-reactive ketones (excluding diaryl/α,β-unsaturated/α-hetero) is 1. The predicted molar refractivity (Wildman–Crippen MR) is 110 cm³/mol. The molecule has 1 saturated heterocycles. The molecular weight excluding hydrogens is 398 g/mol. The van der Waals surface area contributed by atoms with E-state index in [1.807, 2.05) is 0 Å². The summed E-state index contributed by atoms with van der Waals surface area (Å²) in [7, 11) is 0. The lowest BCUT2D eigenvalue weighted by Gasteiger charge is -2.24. The van der Waals surface area contributed by atoms with E-state index in [0.717, 1.165) is 11.3 Å². The van der Waals surface area contributed by atoms with E-state index in [1.54, 1.807) is 42.5 Å². The van der Waals surface area contributed by atoms with Crippen molar-refractivity contribution in [2.75, 3.05) is 6.61 Å². The fraction of sp³-hybridized carbons (Fsp3) is 0.167. The molecule has 2 N–H and O–H groups in total. The third-order valence-corrected chi connectivity index (χ3v) is 5.62. The van der Waals surface area contributed by atoms with Gasteiger partial charge in [-0.15, -0.1) is 0 Å². The number of aliphatic hydroxyl groups excluding tert-OH is 1. The number of likely N-dealkylation sites (tertiary alicyclic amines) is 1. The molecule has 0 radical (unpaired) electrons. The minimum Gasteiger partial charge on any atom is -0.508 e. The SMILES string of the molecule is O=C1C(=O)N(Cc2ccco2)C(c2ccc(O)cc2)/C1=C(/O)c1ccc2c(c1)CCO2. The number of phenolic OH excluding ortho intramolecular Hbond substituents is 1. The van der Waals surface area contributed by atoms with Gasteiger partial charge in [0.15, 0.2) is 0 Å². The molecule has 3 aromatic rings. The highest BCUT2D eigenvalue weighted by molar-refractivity contribution is 6.46. The fourth-order valence-electron chi connectivity index (χ4n) is 4.11. The number of hydrogen-bond acceptors (Lipinski definition) is 6. The standard InChI is InChI=1S/C24H19NO6/c26-17-6-3-14(4-7-17)21-20(22(27)16-5-8-19-15(12-16)9-11-31-19)23(28)24(29)25(21)13-18-2-1-10-30-18/h1-8,10,12,21,26-27H,9,11,13H2/b22-20-. The number of aliphatic hydroxyl groups is 1. The van der Waals surface area contributed by atoms with Crippen LogP contribution in [-0.4, -0.2) is 33.4 Å². The van der Waals surface area contributed by atoms with E-state index in [2.05, 4.69) is 0 Å². The summed E-state index contributed by atoms with van der Waals surface area (Å²) in [4.78, 5) is 27.3. The normalized spacial score (nSPS) is 19.5. The number of hydrogen-bond donors (Lipinski definition) is 2. The summed E-state index contributed by atoms with van der Waals surface area (Å²) in [6, 6.07) is 14.0. The molecule has 2 aromatic carbocycles. The van der Waals surface area contributed by atoms with Gasteiger partial charge in [0.2, 0.25) is 0 Å². The molecular formula is C24H19NO6. The third kappa shape index (κ3) is 3.24. The Hall–Kier alpha value is -4.00. The second-order valence-electron chi connectivity index (χ2n) is 7.52. The Labute approximate surface area is 177 Å². The molecule has 0 aliphatic carbocycles. The van der Waals surface area contributed by atoms with Gasteiger partial charge < -0.3 is 24.3 Å². The number of amides is 1. The van der Waals surface area contributed by atoms with Crippen molar-refractivity contribution >= 4 is 17.4 Å². The first-order chi connectivity index (χ1) is 15.0. The zero-order chi connectivity index (χ0) is 21.5. The van der Waals surface area contributed by atoms with Gasteiger partial charge in [0.1, 0.15) is 23.0 Å². The van der Waals surface area contributed by atoms with Gasteiger partial charge in [-0.05, 0) is 53.6 Å². The number of nitrogens with zero attached hydrogens (tertiary/aromatic N) is 1. The van der Waals surface area contributed by atoms with Gasteiger partial charge in [0.25, 0.3) is 11.7 Å². The molecule has 1 atom stereocenters. The van der Waals surface area contributed by atoms with Gasteiger partial charge in [0.05, 0.1) is 31.0 Å². The average Bonchev–Trinajstić information content (AvgIpc) is 3.51. The van der Waals surface area contributed by atoms with Crippen LogP contribution in [0.4, 0.5) is 0 Å². The highest BCUT2D eigenvalue weighted by atomic mass is 16.5. The molecule has 0 bridgehead atoms. The summed E-state index contributed by atoms with van der Waals surface area (Å²) in [6.07, 6.45) is 2.21. The van der Waals surface area contributed by atoms with E-state index in [9.17, 15) is 19.8 Å². The van der Waals surface area contributed by atoms with Gasteiger partial charge in [-0.3, -0.25) is 9.59 Å². The maximum absolute atomic E-state index is 13.0. The lowest BCUT2D eigenvalue weighted by molar-refractivity contribution is -0.140. The number of ketones is 1. The number of carbonyl (C=O) groups is 2. The van der Waals surface area contributed by atoms with E-state index >= 15 is 0 Å². The van der Waals surface area contributed by atoms with Gasteiger partial charge in [-0.1, -0.05) is 12.1 Å². The van der Waals surface area contributed by atoms with E-state index in [-0.39, 0.29) is 23.6 Å². The van der Waals surface area contributed by atoms with Gasteiger partial charge in [0, 0.05) is 12.0 Å². The predicted octanol–water partition coefficient (Wildman–Crippen LogP) is 3.54. The maximum atomic E-state index is 13.0. The van der Waals surface area contributed by atoms with Gasteiger partial charge >= 0.3 is 0 Å². The smallest absolute Gasteiger partial charge is 0.296 e. The number of fused-ring (bicyclic) bond motifs is 1. The Morgan fingerprint density at radius 2 is 1.90 bits per heavy atom. The summed E-state index contributed by atoms with van der Waals surface area (Å²) in [5, 5.41) is 20.8. The van der Waals surface area contributed by atoms with Crippen LogP contribution in [0.5, 0.6) is 11.5 Å². The third-order valence-electron chi connectivity index (χ3n) is 5.62. The van der Waals surface area contributed by atoms with E-state index in [4.69, 9.17) is 9.15 Å². The van der Waals surface area contributed by atoms with Gasteiger partial charge in [-0.25, -0.2) is 0 Å². The second kappa shape index (κ2) is 7.36. The molecule has 1 amide bonds. The van der Waals surface area contributed by atoms with Crippen LogP contribution in [0.2, 0.25) is 0 Å². The number of aromatic hydroxyl groups is 1. The number of benzene rings is 2. The highest BCUT2D eigenvalue weighted by Gasteiger charge is 2.46. The Kier molecular flexibility index (Phi) is 4.51. The quantitative estimate of drug-likeness (QED) is 0.383. The Balaban J connectivity index is 1.64. The molecule has 7 nitrogen and oxygen atoms in total. The molecule has 0 spiro atoms. The molecule has 7 heteroatoms. The van der Waals surface area contributed by atoms with E-state index in [1.165, 1.54) is 23.3 Å². The van der Waals surface area contributed by atoms with Crippen LogP contribution in [0.3, 0.4) is 0 Å². The summed E-state index contributed by atoms with van der Waals surface area (Å²) in [5.74, 6) is -0.400. The number of rotatable bonds is 4. The van der Waals surface area contributed by atoms with E-state index < -0.39 is 17.7 Å². The zero-order valence-corrected chi connectivity index (χ0v) is 16.4. The van der Waals surface area contributed by atoms with Crippen molar-refractivity contribution in [3.8, 4) is 11.5 Å². The van der Waals surface area contributed by atoms with Crippen molar-refractivity contribution in [2.24, 2.45) is 0 Å². The molecule has 2 aliphatic rings. The number of phenols is 1. The molecule has 31 heavy (non-hydrogen) atoms. The molecule has 1 fully saturated rings. The molecule has 1 unspecified atom stereocenters. The van der Waals surface area contributed by atoms with Crippen molar-refractivity contribution in [1.29, 1.82) is 0 Å². The van der Waals surface area contributed by atoms with Crippen molar-refractivity contribution in [2.45, 2.75) is 19.0 Å². The average molecular weight is 417 g/mol. The molecule has 5 rings (SSSR count). The molecule has 156 valence electrons. The van der Waals surface area contributed by atoms with Crippen molar-refractivity contribution < 1.29 is 29.0 Å². The van der Waals surface area contributed by atoms with E-state index in [0.29, 0.717) is 29.9 Å². The lowest BCUT2D eigenvalue weighted by atomic mass is 9.94. The zero-order valence-electron chi connectivity index (χ0n) is 16.4. The van der Waals surface area contributed by atoms with Crippen LogP contribution in [0.15, 0.2) is 70.9 Å². The summed E-state index contributed by atoms with van der Waals surface area (Å²) >= 11 is 0. The van der Waals surface area contributed by atoms with Crippen molar-refractivity contribution in [3.63, 3.8) is 0 Å². The van der Waals surface area contributed by atoms with Gasteiger partial charge in [-0.2, -0.15) is 0 Å². The monoisotopic (exact) mass is 417 g/mol. The highest BCUT2D eigenvalue weighted by Crippen LogP contribution is 2.41. The topological polar surface area (TPSA) is 100 Å². The minimum absolute atomic E-state index is 0.00103. The maximum Gasteiger partial charge on any atom is 0.296 e. The number of carbonyl (C=O) groups excluding carboxylic acids is 2.